The fourth-order valence-corrected chi connectivity index (χ4v) is 2.41. The molecule has 1 aromatic carbocycles. The molecule has 0 aliphatic rings. The molecule has 0 fully saturated rings. The zero-order chi connectivity index (χ0) is 18.1. The molecule has 0 radical (unpaired) electrons. The topological polar surface area (TPSA) is 71.6 Å². The molecule has 1 amide bonds. The lowest BCUT2D eigenvalue weighted by Crippen LogP contribution is -2.36. The summed E-state index contributed by atoms with van der Waals surface area (Å²) in [5.74, 6) is 0. The van der Waals surface area contributed by atoms with Gasteiger partial charge in [-0.25, -0.2) is 14.2 Å². The standard InChI is InChI=1S/C19H21N3O3/c1-3-5-16-6-4-9-22(13-16)10-11-25-19(24)21-17-8-7-15(2)18(12-17)20-14-23/h4,6-9,12-13H,3,5,10-11H2,1-2H3/p+1. The van der Waals surface area contributed by atoms with Gasteiger partial charge in [-0.1, -0.05) is 19.4 Å². The summed E-state index contributed by atoms with van der Waals surface area (Å²) in [6, 6.07) is 9.17. The van der Waals surface area contributed by atoms with Gasteiger partial charge in [0.25, 0.3) is 0 Å². The number of hydrogen-bond donors (Lipinski definition) is 1. The molecule has 1 heterocycles. The fourth-order valence-electron chi connectivity index (χ4n) is 2.41. The SMILES string of the molecule is CCCc1ccc[n+](CCOC(=O)Nc2ccc(C)c(N=C=O)c2)c1. The molecule has 6 heteroatoms. The second-order valence-electron chi connectivity index (χ2n) is 5.67. The molecule has 0 aliphatic heterocycles. The van der Waals surface area contributed by atoms with Crippen molar-refractivity contribution in [1.29, 1.82) is 0 Å². The first-order valence-corrected chi connectivity index (χ1v) is 8.22. The number of nitrogens with zero attached hydrogens (tertiary/aromatic N) is 2. The third-order valence-corrected chi connectivity index (χ3v) is 3.66. The van der Waals surface area contributed by atoms with E-state index < -0.39 is 6.09 Å². The summed E-state index contributed by atoms with van der Waals surface area (Å²) in [7, 11) is 0. The predicted octanol–water partition coefficient (Wildman–Crippen LogP) is 3.45. The quantitative estimate of drug-likeness (QED) is 0.477. The van der Waals surface area contributed by atoms with Crippen LogP contribution >= 0.6 is 0 Å². The number of amides is 1. The number of anilines is 1. The van der Waals surface area contributed by atoms with Gasteiger partial charge >= 0.3 is 6.09 Å². The Labute approximate surface area is 147 Å². The van der Waals surface area contributed by atoms with Crippen molar-refractivity contribution >= 4 is 23.5 Å². The number of aromatic nitrogens is 1. The number of carbonyl (C=O) groups is 1. The molecule has 2 rings (SSSR count). The van der Waals surface area contributed by atoms with Gasteiger partial charge in [-0.2, -0.15) is 4.99 Å². The second kappa shape index (κ2) is 9.35. The lowest BCUT2D eigenvalue weighted by atomic mass is 10.2. The van der Waals surface area contributed by atoms with E-state index >= 15 is 0 Å². The first-order valence-electron chi connectivity index (χ1n) is 8.22. The highest BCUT2D eigenvalue weighted by atomic mass is 16.5. The number of aliphatic imine (C=N–C) groups is 1. The molecule has 0 atom stereocenters. The maximum Gasteiger partial charge on any atom is 0.411 e. The number of nitrogens with one attached hydrogen (secondary N) is 1. The van der Waals surface area contributed by atoms with E-state index in [9.17, 15) is 9.59 Å². The molecular weight excluding hydrogens is 318 g/mol. The molecule has 0 saturated heterocycles. The Morgan fingerprint density at radius 1 is 1.36 bits per heavy atom. The average Bonchev–Trinajstić information content (AvgIpc) is 2.59. The molecule has 0 saturated carbocycles. The first-order chi connectivity index (χ1) is 12.1. The Kier molecular flexibility index (Phi) is 6.87. The maximum absolute atomic E-state index is 11.9. The first kappa shape index (κ1) is 18.4. The molecule has 0 unspecified atom stereocenters. The molecule has 0 spiro atoms. The molecular formula is C19H22N3O3+. The van der Waals surface area contributed by atoms with Crippen molar-refractivity contribution in [3.63, 3.8) is 0 Å². The lowest BCUT2D eigenvalue weighted by molar-refractivity contribution is -0.698. The fraction of sp³-hybridized carbons (Fsp3) is 0.316. The van der Waals surface area contributed by atoms with Gasteiger partial charge in [0.05, 0.1) is 5.69 Å². The zero-order valence-electron chi connectivity index (χ0n) is 14.5. The molecule has 2 aromatic rings. The number of carbonyl (C=O) groups excluding carboxylic acids is 2. The van der Waals surface area contributed by atoms with E-state index in [1.807, 2.05) is 23.8 Å². The third kappa shape index (κ3) is 5.86. The highest BCUT2D eigenvalue weighted by Gasteiger charge is 2.08. The summed E-state index contributed by atoms with van der Waals surface area (Å²) in [6.45, 7) is 4.81. The van der Waals surface area contributed by atoms with Gasteiger partial charge in [-0.05, 0) is 37.1 Å². The van der Waals surface area contributed by atoms with E-state index in [1.165, 1.54) is 11.6 Å². The van der Waals surface area contributed by atoms with Crippen LogP contribution < -0.4 is 9.88 Å². The summed E-state index contributed by atoms with van der Waals surface area (Å²) >= 11 is 0. The minimum atomic E-state index is -0.546. The minimum Gasteiger partial charge on any atom is -0.443 e. The number of rotatable bonds is 7. The van der Waals surface area contributed by atoms with E-state index in [4.69, 9.17) is 4.74 Å². The van der Waals surface area contributed by atoms with Crippen LogP contribution in [-0.4, -0.2) is 18.8 Å². The van der Waals surface area contributed by atoms with Crippen molar-refractivity contribution < 1.29 is 18.9 Å². The van der Waals surface area contributed by atoms with Crippen LogP contribution in [0.2, 0.25) is 0 Å². The van der Waals surface area contributed by atoms with Gasteiger partial charge in [0.2, 0.25) is 6.08 Å². The van der Waals surface area contributed by atoms with E-state index in [2.05, 4.69) is 29.5 Å². The molecule has 0 bridgehead atoms. The summed E-state index contributed by atoms with van der Waals surface area (Å²) in [5.41, 5.74) is 3.07. The molecule has 1 N–H and O–H groups in total. The highest BCUT2D eigenvalue weighted by Crippen LogP contribution is 2.22. The number of aryl methyl sites for hydroxylation is 2. The van der Waals surface area contributed by atoms with Crippen molar-refractivity contribution in [2.75, 3.05) is 11.9 Å². The third-order valence-electron chi connectivity index (χ3n) is 3.66. The van der Waals surface area contributed by atoms with Gasteiger partial charge in [0.15, 0.2) is 25.5 Å². The Balaban J connectivity index is 1.86. The van der Waals surface area contributed by atoms with Crippen LogP contribution in [0.3, 0.4) is 0 Å². The molecule has 130 valence electrons. The van der Waals surface area contributed by atoms with Crippen LogP contribution in [0.4, 0.5) is 16.2 Å². The molecule has 6 nitrogen and oxygen atoms in total. The van der Waals surface area contributed by atoms with E-state index in [1.54, 1.807) is 18.2 Å². The van der Waals surface area contributed by atoms with E-state index in [0.717, 1.165) is 18.4 Å². The summed E-state index contributed by atoms with van der Waals surface area (Å²) < 4.78 is 7.20. The van der Waals surface area contributed by atoms with E-state index in [-0.39, 0.29) is 6.61 Å². The Bertz CT molecular complexity index is 783. The van der Waals surface area contributed by atoms with Crippen molar-refractivity contribution in [3.8, 4) is 0 Å². The van der Waals surface area contributed by atoms with Crippen LogP contribution in [0.25, 0.3) is 0 Å². The lowest BCUT2D eigenvalue weighted by Gasteiger charge is -2.07. The number of hydrogen-bond acceptors (Lipinski definition) is 4. The number of benzene rings is 1. The highest BCUT2D eigenvalue weighted by molar-refractivity contribution is 5.85. The van der Waals surface area contributed by atoms with Crippen LogP contribution in [0.15, 0.2) is 47.7 Å². The smallest absolute Gasteiger partial charge is 0.411 e. The average molecular weight is 340 g/mol. The van der Waals surface area contributed by atoms with Crippen LogP contribution in [0, 0.1) is 6.92 Å². The number of pyridine rings is 1. The van der Waals surface area contributed by atoms with Crippen molar-refractivity contribution in [3.05, 3.63) is 53.9 Å². The predicted molar refractivity (Wildman–Crippen MR) is 94.6 cm³/mol. The van der Waals surface area contributed by atoms with Crippen molar-refractivity contribution in [2.45, 2.75) is 33.2 Å². The van der Waals surface area contributed by atoms with Gasteiger partial charge in [0.1, 0.15) is 0 Å². The largest absolute Gasteiger partial charge is 0.443 e. The van der Waals surface area contributed by atoms with E-state index in [0.29, 0.717) is 17.9 Å². The molecule has 0 aliphatic carbocycles. The van der Waals surface area contributed by atoms with Gasteiger partial charge in [-0.3, -0.25) is 5.32 Å². The van der Waals surface area contributed by atoms with Gasteiger partial charge < -0.3 is 4.74 Å². The minimum absolute atomic E-state index is 0.261. The monoisotopic (exact) mass is 340 g/mol. The number of ether oxygens (including phenoxy) is 1. The summed E-state index contributed by atoms with van der Waals surface area (Å²) in [4.78, 5) is 25.9. The molecule has 25 heavy (non-hydrogen) atoms. The Morgan fingerprint density at radius 2 is 2.20 bits per heavy atom. The van der Waals surface area contributed by atoms with Crippen LogP contribution in [0.5, 0.6) is 0 Å². The molecule has 1 aromatic heterocycles. The Hall–Kier alpha value is -2.98. The Morgan fingerprint density at radius 3 is 2.96 bits per heavy atom. The van der Waals surface area contributed by atoms with Crippen molar-refractivity contribution in [1.82, 2.24) is 0 Å². The summed E-state index contributed by atoms with van der Waals surface area (Å²) in [6.07, 6.45) is 7.09. The van der Waals surface area contributed by atoms with Gasteiger partial charge in [0, 0.05) is 17.3 Å². The van der Waals surface area contributed by atoms with Crippen LogP contribution in [0.1, 0.15) is 24.5 Å². The number of isocyanates is 1. The van der Waals surface area contributed by atoms with Gasteiger partial charge in [-0.15, -0.1) is 0 Å². The summed E-state index contributed by atoms with van der Waals surface area (Å²) in [5, 5.41) is 2.63. The normalized spacial score (nSPS) is 10.0. The zero-order valence-corrected chi connectivity index (χ0v) is 14.5. The maximum atomic E-state index is 11.9. The van der Waals surface area contributed by atoms with Crippen LogP contribution in [-0.2, 0) is 22.5 Å². The second-order valence-corrected chi connectivity index (χ2v) is 5.67. The van der Waals surface area contributed by atoms with Crippen molar-refractivity contribution in [2.24, 2.45) is 4.99 Å².